The van der Waals surface area contributed by atoms with Gasteiger partial charge in [0, 0.05) is 16.7 Å². The first-order valence-corrected chi connectivity index (χ1v) is 7.12. The number of rotatable bonds is 0. The SMILES string of the molecule is CC1=CCc2c(O)c3c(c(O)c21)C(=O)c1cccc(O)c1C3=O. The highest BCUT2D eigenvalue weighted by Gasteiger charge is 2.39. The average Bonchev–Trinajstić information content (AvgIpc) is 2.90. The van der Waals surface area contributed by atoms with Crippen molar-refractivity contribution in [2.75, 3.05) is 0 Å². The average molecular weight is 308 g/mol. The molecular formula is C18H12O5. The molecule has 2 aromatic rings. The first kappa shape index (κ1) is 13.6. The predicted molar refractivity (Wildman–Crippen MR) is 82.1 cm³/mol. The van der Waals surface area contributed by atoms with E-state index < -0.39 is 11.6 Å². The molecule has 5 heteroatoms. The van der Waals surface area contributed by atoms with Crippen LogP contribution in [0.4, 0.5) is 0 Å². The van der Waals surface area contributed by atoms with E-state index in [1.54, 1.807) is 6.92 Å². The Morgan fingerprint density at radius 1 is 0.870 bits per heavy atom. The summed E-state index contributed by atoms with van der Waals surface area (Å²) in [5, 5.41) is 31.0. The number of hydrogen-bond acceptors (Lipinski definition) is 5. The van der Waals surface area contributed by atoms with Crippen LogP contribution in [0.3, 0.4) is 0 Å². The van der Waals surface area contributed by atoms with Gasteiger partial charge in [0.15, 0.2) is 5.78 Å². The lowest BCUT2D eigenvalue weighted by atomic mass is 9.80. The van der Waals surface area contributed by atoms with Gasteiger partial charge in [0.25, 0.3) is 0 Å². The molecule has 2 aromatic carbocycles. The van der Waals surface area contributed by atoms with Crippen LogP contribution in [-0.4, -0.2) is 26.9 Å². The second-order valence-electron chi connectivity index (χ2n) is 5.75. The van der Waals surface area contributed by atoms with Gasteiger partial charge in [-0.1, -0.05) is 18.2 Å². The molecule has 0 aliphatic heterocycles. The van der Waals surface area contributed by atoms with Gasteiger partial charge in [0.05, 0.1) is 16.7 Å². The zero-order valence-electron chi connectivity index (χ0n) is 12.2. The molecule has 0 spiro atoms. The van der Waals surface area contributed by atoms with Crippen molar-refractivity contribution in [2.24, 2.45) is 0 Å². The zero-order valence-corrected chi connectivity index (χ0v) is 12.2. The number of benzene rings is 2. The molecule has 0 bridgehead atoms. The second kappa shape index (κ2) is 4.23. The fourth-order valence-electron chi connectivity index (χ4n) is 3.42. The summed E-state index contributed by atoms with van der Waals surface area (Å²) < 4.78 is 0. The van der Waals surface area contributed by atoms with Crippen LogP contribution < -0.4 is 0 Å². The van der Waals surface area contributed by atoms with E-state index in [-0.39, 0.29) is 39.5 Å². The Labute approximate surface area is 131 Å². The van der Waals surface area contributed by atoms with Crippen LogP contribution in [0.1, 0.15) is 49.9 Å². The van der Waals surface area contributed by atoms with Crippen molar-refractivity contribution in [1.29, 1.82) is 0 Å². The van der Waals surface area contributed by atoms with Crippen molar-refractivity contribution in [3.05, 3.63) is 57.7 Å². The Morgan fingerprint density at radius 2 is 1.57 bits per heavy atom. The van der Waals surface area contributed by atoms with Gasteiger partial charge in [-0.15, -0.1) is 0 Å². The topological polar surface area (TPSA) is 94.8 Å². The lowest BCUT2D eigenvalue weighted by Gasteiger charge is -2.22. The molecule has 0 unspecified atom stereocenters. The van der Waals surface area contributed by atoms with E-state index in [0.717, 1.165) is 5.57 Å². The third kappa shape index (κ3) is 1.51. The standard InChI is InChI=1S/C18H12O5/c1-7-5-6-9-11(7)17(22)13-14(16(9)21)18(23)12-8(15(13)20)3-2-4-10(12)19/h2-5,19,21-22H,6H2,1H3. The summed E-state index contributed by atoms with van der Waals surface area (Å²) >= 11 is 0. The van der Waals surface area contributed by atoms with E-state index in [4.69, 9.17) is 0 Å². The summed E-state index contributed by atoms with van der Waals surface area (Å²) in [6.45, 7) is 1.77. The third-order valence-corrected chi connectivity index (χ3v) is 4.52. The highest BCUT2D eigenvalue weighted by atomic mass is 16.3. The first-order chi connectivity index (χ1) is 10.9. The minimum atomic E-state index is -0.659. The summed E-state index contributed by atoms with van der Waals surface area (Å²) in [5.41, 5.74) is 1.05. The van der Waals surface area contributed by atoms with Crippen molar-refractivity contribution in [1.82, 2.24) is 0 Å². The molecule has 0 fully saturated rings. The van der Waals surface area contributed by atoms with Gasteiger partial charge in [-0.25, -0.2) is 0 Å². The molecule has 3 N–H and O–H groups in total. The molecule has 2 aliphatic carbocycles. The fraction of sp³-hybridized carbons (Fsp3) is 0.111. The van der Waals surface area contributed by atoms with E-state index >= 15 is 0 Å². The molecular weight excluding hydrogens is 296 g/mol. The number of fused-ring (bicyclic) bond motifs is 3. The van der Waals surface area contributed by atoms with E-state index in [1.807, 2.05) is 6.08 Å². The molecule has 0 radical (unpaired) electrons. The Morgan fingerprint density at radius 3 is 2.30 bits per heavy atom. The van der Waals surface area contributed by atoms with Crippen LogP contribution in [0.15, 0.2) is 24.3 Å². The second-order valence-corrected chi connectivity index (χ2v) is 5.75. The lowest BCUT2D eigenvalue weighted by molar-refractivity contribution is 0.0971. The van der Waals surface area contributed by atoms with Crippen molar-refractivity contribution in [3.63, 3.8) is 0 Å². The van der Waals surface area contributed by atoms with Crippen LogP contribution in [0.25, 0.3) is 5.57 Å². The number of phenolic OH excluding ortho intramolecular Hbond substituents is 3. The van der Waals surface area contributed by atoms with Crippen LogP contribution in [0.2, 0.25) is 0 Å². The van der Waals surface area contributed by atoms with Crippen LogP contribution in [0, 0.1) is 0 Å². The highest BCUT2D eigenvalue weighted by molar-refractivity contribution is 6.31. The van der Waals surface area contributed by atoms with Gasteiger partial charge < -0.3 is 15.3 Å². The maximum atomic E-state index is 12.7. The van der Waals surface area contributed by atoms with Crippen LogP contribution in [-0.2, 0) is 6.42 Å². The normalized spacial score (nSPS) is 15.1. The summed E-state index contributed by atoms with van der Waals surface area (Å²) in [7, 11) is 0. The van der Waals surface area contributed by atoms with Gasteiger partial charge in [0.2, 0.25) is 5.78 Å². The summed E-state index contributed by atoms with van der Waals surface area (Å²) in [6.07, 6.45) is 2.19. The maximum Gasteiger partial charge on any atom is 0.202 e. The first-order valence-electron chi connectivity index (χ1n) is 7.12. The smallest absolute Gasteiger partial charge is 0.202 e. The molecule has 114 valence electrons. The lowest BCUT2D eigenvalue weighted by Crippen LogP contribution is -2.22. The maximum absolute atomic E-state index is 12.7. The van der Waals surface area contributed by atoms with E-state index in [2.05, 4.69) is 0 Å². The molecule has 0 saturated heterocycles. The summed E-state index contributed by atoms with van der Waals surface area (Å²) in [4.78, 5) is 25.5. The fourth-order valence-corrected chi connectivity index (χ4v) is 3.42. The molecule has 0 saturated carbocycles. The molecule has 5 nitrogen and oxygen atoms in total. The highest BCUT2D eigenvalue weighted by Crippen LogP contribution is 2.48. The van der Waals surface area contributed by atoms with Crippen molar-refractivity contribution in [2.45, 2.75) is 13.3 Å². The van der Waals surface area contributed by atoms with Gasteiger partial charge in [0.1, 0.15) is 17.2 Å². The Bertz CT molecular complexity index is 966. The summed E-state index contributed by atoms with van der Waals surface area (Å²) in [6, 6.07) is 4.19. The van der Waals surface area contributed by atoms with Crippen LogP contribution in [0.5, 0.6) is 17.2 Å². The zero-order chi connectivity index (χ0) is 16.5. The Hall–Kier alpha value is -3.08. The molecule has 4 rings (SSSR count). The number of phenols is 3. The van der Waals surface area contributed by atoms with E-state index in [0.29, 0.717) is 17.5 Å². The van der Waals surface area contributed by atoms with Gasteiger partial charge in [-0.2, -0.15) is 0 Å². The monoisotopic (exact) mass is 308 g/mol. The minimum Gasteiger partial charge on any atom is -0.507 e. The Balaban J connectivity index is 2.13. The molecule has 0 aromatic heterocycles. The number of carbonyl (C=O) groups excluding carboxylic acids is 2. The number of allylic oxidation sites excluding steroid dienone is 2. The number of aromatic hydroxyl groups is 3. The van der Waals surface area contributed by atoms with Crippen LogP contribution >= 0.6 is 0 Å². The largest absolute Gasteiger partial charge is 0.507 e. The quantitative estimate of drug-likeness (QED) is 0.555. The van der Waals surface area contributed by atoms with Crippen molar-refractivity contribution in [3.8, 4) is 17.2 Å². The molecule has 0 amide bonds. The third-order valence-electron chi connectivity index (χ3n) is 4.52. The van der Waals surface area contributed by atoms with Gasteiger partial charge >= 0.3 is 0 Å². The number of ketones is 2. The van der Waals surface area contributed by atoms with Crippen molar-refractivity contribution >= 4 is 17.1 Å². The van der Waals surface area contributed by atoms with E-state index in [9.17, 15) is 24.9 Å². The van der Waals surface area contributed by atoms with E-state index in [1.165, 1.54) is 18.2 Å². The molecule has 0 atom stereocenters. The van der Waals surface area contributed by atoms with Crippen molar-refractivity contribution < 1.29 is 24.9 Å². The molecule has 2 aliphatic rings. The van der Waals surface area contributed by atoms with Gasteiger partial charge in [-0.3, -0.25) is 9.59 Å². The van der Waals surface area contributed by atoms with Gasteiger partial charge in [-0.05, 0) is 25.0 Å². The Kier molecular flexibility index (Phi) is 2.49. The number of hydrogen-bond donors (Lipinski definition) is 3. The summed E-state index contributed by atoms with van der Waals surface area (Å²) in [5.74, 6) is -2.15. The molecule has 23 heavy (non-hydrogen) atoms. The molecule has 0 heterocycles. The minimum absolute atomic E-state index is 0.0248. The number of carbonyl (C=O) groups is 2. The predicted octanol–water partition coefficient (Wildman–Crippen LogP) is 2.54.